The summed E-state index contributed by atoms with van der Waals surface area (Å²) < 4.78 is 38.7. The van der Waals surface area contributed by atoms with Crippen LogP contribution in [0.15, 0.2) is 23.1 Å². The molecule has 1 atom stereocenters. The zero-order chi connectivity index (χ0) is 12.3. The van der Waals surface area contributed by atoms with Crippen molar-refractivity contribution in [1.29, 1.82) is 0 Å². The van der Waals surface area contributed by atoms with Gasteiger partial charge in [0.25, 0.3) is 0 Å². The Kier molecular flexibility index (Phi) is 4.26. The molecular weight excluding hydrogens is 255 g/mol. The minimum absolute atomic E-state index is 0.0295. The molecule has 0 aromatic heterocycles. The molecule has 0 saturated heterocycles. The van der Waals surface area contributed by atoms with Crippen LogP contribution in [-0.4, -0.2) is 21.0 Å². The molecule has 0 bridgehead atoms. The maximum absolute atomic E-state index is 12.9. The molecular formula is C9H12ClFN2O2S. The molecule has 0 amide bonds. The summed E-state index contributed by atoms with van der Waals surface area (Å²) in [6.45, 7) is 1.75. The minimum Gasteiger partial charge on any atom is -0.329 e. The van der Waals surface area contributed by atoms with E-state index in [2.05, 4.69) is 4.72 Å². The molecule has 0 radical (unpaired) electrons. The number of sulfonamides is 1. The Labute approximate surface area is 98.6 Å². The van der Waals surface area contributed by atoms with E-state index in [-0.39, 0.29) is 16.5 Å². The van der Waals surface area contributed by atoms with Gasteiger partial charge in [0.15, 0.2) is 0 Å². The first kappa shape index (κ1) is 13.4. The van der Waals surface area contributed by atoms with Crippen LogP contribution in [0.25, 0.3) is 0 Å². The normalized spacial score (nSPS) is 13.8. The van der Waals surface area contributed by atoms with Gasteiger partial charge in [-0.1, -0.05) is 11.6 Å². The molecule has 3 N–H and O–H groups in total. The lowest BCUT2D eigenvalue weighted by Crippen LogP contribution is -2.37. The summed E-state index contributed by atoms with van der Waals surface area (Å²) >= 11 is 5.69. The molecule has 0 unspecified atom stereocenters. The van der Waals surface area contributed by atoms with Crippen molar-refractivity contribution < 1.29 is 12.8 Å². The third-order valence-electron chi connectivity index (χ3n) is 1.89. The van der Waals surface area contributed by atoms with Crippen LogP contribution in [0.2, 0.25) is 5.02 Å². The first-order valence-corrected chi connectivity index (χ1v) is 6.40. The van der Waals surface area contributed by atoms with E-state index < -0.39 is 21.9 Å². The van der Waals surface area contributed by atoms with E-state index in [4.69, 9.17) is 17.3 Å². The van der Waals surface area contributed by atoms with Crippen molar-refractivity contribution >= 4 is 21.6 Å². The van der Waals surface area contributed by atoms with Crippen molar-refractivity contribution in [2.75, 3.05) is 6.54 Å². The van der Waals surface area contributed by atoms with Gasteiger partial charge in [-0.25, -0.2) is 17.5 Å². The smallest absolute Gasteiger partial charge is 0.242 e. The van der Waals surface area contributed by atoms with Gasteiger partial charge >= 0.3 is 0 Å². The lowest BCUT2D eigenvalue weighted by molar-refractivity contribution is 0.560. The molecule has 4 nitrogen and oxygen atoms in total. The first-order chi connectivity index (χ1) is 7.36. The third-order valence-corrected chi connectivity index (χ3v) is 3.96. The highest BCUT2D eigenvalue weighted by molar-refractivity contribution is 7.89. The van der Waals surface area contributed by atoms with E-state index in [1.165, 1.54) is 6.07 Å². The van der Waals surface area contributed by atoms with Gasteiger partial charge in [0, 0.05) is 12.6 Å². The Morgan fingerprint density at radius 2 is 2.19 bits per heavy atom. The van der Waals surface area contributed by atoms with E-state index >= 15 is 0 Å². The van der Waals surface area contributed by atoms with Gasteiger partial charge in [-0.15, -0.1) is 0 Å². The summed E-state index contributed by atoms with van der Waals surface area (Å²) in [6.07, 6.45) is 0. The molecule has 7 heteroatoms. The third kappa shape index (κ3) is 3.15. The van der Waals surface area contributed by atoms with E-state index in [0.29, 0.717) is 0 Å². The highest BCUT2D eigenvalue weighted by Gasteiger charge is 2.20. The molecule has 1 aromatic carbocycles. The molecule has 0 fully saturated rings. The topological polar surface area (TPSA) is 72.2 Å². The van der Waals surface area contributed by atoms with Crippen LogP contribution in [-0.2, 0) is 10.0 Å². The Balaban J connectivity index is 3.12. The van der Waals surface area contributed by atoms with E-state index in [9.17, 15) is 12.8 Å². The van der Waals surface area contributed by atoms with Crippen molar-refractivity contribution in [2.45, 2.75) is 17.9 Å². The molecule has 1 rings (SSSR count). The van der Waals surface area contributed by atoms with Crippen LogP contribution < -0.4 is 10.5 Å². The Morgan fingerprint density at radius 1 is 1.56 bits per heavy atom. The number of hydrogen-bond donors (Lipinski definition) is 2. The predicted octanol–water partition coefficient (Wildman–Crippen LogP) is 1.10. The number of hydrogen-bond acceptors (Lipinski definition) is 3. The van der Waals surface area contributed by atoms with Crippen LogP contribution in [0.3, 0.4) is 0 Å². The van der Waals surface area contributed by atoms with Gasteiger partial charge in [-0.3, -0.25) is 0 Å². The molecule has 0 spiro atoms. The second kappa shape index (κ2) is 5.09. The zero-order valence-corrected chi connectivity index (χ0v) is 10.1. The monoisotopic (exact) mass is 266 g/mol. The highest BCUT2D eigenvalue weighted by Crippen LogP contribution is 2.22. The molecule has 16 heavy (non-hydrogen) atoms. The average Bonchev–Trinajstić information content (AvgIpc) is 2.20. The molecule has 0 aliphatic rings. The van der Waals surface area contributed by atoms with Crippen LogP contribution in [0, 0.1) is 5.82 Å². The van der Waals surface area contributed by atoms with Crippen molar-refractivity contribution in [1.82, 2.24) is 4.72 Å². The Hall–Kier alpha value is -0.690. The zero-order valence-electron chi connectivity index (χ0n) is 8.57. The van der Waals surface area contributed by atoms with Gasteiger partial charge in [-0.2, -0.15) is 0 Å². The summed E-state index contributed by atoms with van der Waals surface area (Å²) in [5.41, 5.74) is 5.29. The van der Waals surface area contributed by atoms with Gasteiger partial charge < -0.3 is 5.73 Å². The standard InChI is InChI=1S/C9H12ClFN2O2S/c1-6(5-12)13-16(14,15)9-4-7(11)2-3-8(9)10/h2-4,6,13H,5,12H2,1H3/t6-/m0/s1. The van der Waals surface area contributed by atoms with Crippen LogP contribution in [0.1, 0.15) is 6.92 Å². The van der Waals surface area contributed by atoms with Crippen molar-refractivity contribution in [3.8, 4) is 0 Å². The van der Waals surface area contributed by atoms with Crippen molar-refractivity contribution in [3.63, 3.8) is 0 Å². The number of halogens is 2. The van der Waals surface area contributed by atoms with E-state index in [0.717, 1.165) is 12.1 Å². The molecule has 1 aromatic rings. The van der Waals surface area contributed by atoms with Gasteiger partial charge in [0.1, 0.15) is 10.7 Å². The number of nitrogens with two attached hydrogens (primary N) is 1. The second-order valence-corrected chi connectivity index (χ2v) is 5.42. The number of rotatable bonds is 4. The highest BCUT2D eigenvalue weighted by atomic mass is 35.5. The quantitative estimate of drug-likeness (QED) is 0.857. The van der Waals surface area contributed by atoms with Crippen LogP contribution in [0.4, 0.5) is 4.39 Å². The number of benzene rings is 1. The summed E-state index contributed by atoms with van der Waals surface area (Å²) in [7, 11) is -3.83. The van der Waals surface area contributed by atoms with Crippen LogP contribution >= 0.6 is 11.6 Å². The fraction of sp³-hybridized carbons (Fsp3) is 0.333. The summed E-state index contributed by atoms with van der Waals surface area (Å²) in [5.74, 6) is -0.662. The lowest BCUT2D eigenvalue weighted by Gasteiger charge is -2.12. The van der Waals surface area contributed by atoms with E-state index in [1.54, 1.807) is 6.92 Å². The van der Waals surface area contributed by atoms with Gasteiger partial charge in [-0.05, 0) is 25.1 Å². The maximum Gasteiger partial charge on any atom is 0.242 e. The fourth-order valence-electron chi connectivity index (χ4n) is 1.06. The second-order valence-electron chi connectivity index (χ2n) is 3.33. The maximum atomic E-state index is 12.9. The predicted molar refractivity (Wildman–Crippen MR) is 60.2 cm³/mol. The van der Waals surface area contributed by atoms with Crippen molar-refractivity contribution in [3.05, 3.63) is 29.0 Å². The van der Waals surface area contributed by atoms with Crippen molar-refractivity contribution in [2.24, 2.45) is 5.73 Å². The molecule has 0 aliphatic heterocycles. The molecule has 0 aliphatic carbocycles. The van der Waals surface area contributed by atoms with Gasteiger partial charge in [0.05, 0.1) is 5.02 Å². The van der Waals surface area contributed by atoms with E-state index in [1.807, 2.05) is 0 Å². The summed E-state index contributed by atoms with van der Waals surface area (Å²) in [6, 6.07) is 2.71. The minimum atomic E-state index is -3.83. The molecule has 0 heterocycles. The molecule has 90 valence electrons. The summed E-state index contributed by atoms with van der Waals surface area (Å²) in [4.78, 5) is -0.283. The molecule has 0 saturated carbocycles. The average molecular weight is 267 g/mol. The fourth-order valence-corrected chi connectivity index (χ4v) is 2.83. The summed E-state index contributed by atoms with van der Waals surface area (Å²) in [5, 5.41) is -0.0295. The van der Waals surface area contributed by atoms with Gasteiger partial charge in [0.2, 0.25) is 10.0 Å². The van der Waals surface area contributed by atoms with Crippen LogP contribution in [0.5, 0.6) is 0 Å². The lowest BCUT2D eigenvalue weighted by atomic mass is 10.3. The SMILES string of the molecule is C[C@@H](CN)NS(=O)(=O)c1cc(F)ccc1Cl. The Bertz CT molecular complexity index is 478. The number of nitrogens with one attached hydrogen (secondary N) is 1. The first-order valence-electron chi connectivity index (χ1n) is 4.54. The largest absolute Gasteiger partial charge is 0.329 e. The Morgan fingerprint density at radius 3 is 2.75 bits per heavy atom.